The Morgan fingerprint density at radius 2 is 1.64 bits per heavy atom. The zero-order chi connectivity index (χ0) is 41.1. The predicted molar refractivity (Wildman–Crippen MR) is 175 cm³/mol. The van der Waals surface area contributed by atoms with Crippen LogP contribution in [0, 0.1) is 0 Å². The van der Waals surface area contributed by atoms with E-state index in [4.69, 9.17) is 25.7 Å². The molecule has 0 aromatic carbocycles. The van der Waals surface area contributed by atoms with Gasteiger partial charge in [0.15, 0.2) is 23.7 Å². The number of phosphoric ester groups is 1. The summed E-state index contributed by atoms with van der Waals surface area (Å²) in [6.07, 6.45) is -10.3. The van der Waals surface area contributed by atoms with Gasteiger partial charge in [0.2, 0.25) is 17.7 Å². The number of aryl methyl sites for hydroxylation is 1. The van der Waals surface area contributed by atoms with Crippen LogP contribution in [0.15, 0.2) is 22.2 Å². The summed E-state index contributed by atoms with van der Waals surface area (Å²) < 4.78 is 74.1. The van der Waals surface area contributed by atoms with Gasteiger partial charge in [0.05, 0.1) is 26.1 Å². The van der Waals surface area contributed by atoms with E-state index < -0.39 is 103 Å². The number of aliphatic hydroxyl groups is 3. The Labute approximate surface area is 311 Å². The molecule has 11 atom stereocenters. The fourth-order valence-electron chi connectivity index (χ4n) is 5.88. The van der Waals surface area contributed by atoms with Crippen molar-refractivity contribution >= 4 is 57.7 Å². The van der Waals surface area contributed by atoms with Crippen molar-refractivity contribution in [1.29, 1.82) is 0 Å². The van der Waals surface area contributed by atoms with E-state index in [2.05, 4.69) is 47.6 Å². The van der Waals surface area contributed by atoms with E-state index in [1.807, 2.05) is 0 Å². The van der Waals surface area contributed by atoms with Crippen LogP contribution in [0.4, 0.5) is 11.9 Å². The van der Waals surface area contributed by atoms with Gasteiger partial charge in [-0.2, -0.15) is 4.98 Å². The topological polar surface area (TPSA) is 422 Å². The lowest BCUT2D eigenvalue weighted by atomic mass is 10.1. The van der Waals surface area contributed by atoms with Crippen LogP contribution in [-0.2, 0) is 57.7 Å². The summed E-state index contributed by atoms with van der Waals surface area (Å²) in [5.74, 6) is -0.561. The van der Waals surface area contributed by atoms with Crippen LogP contribution in [0.2, 0.25) is 0 Å². The molecule has 2 aliphatic heterocycles. The molecule has 6 rings (SSSR count). The Hall–Kier alpha value is -3.57. The zero-order valence-electron chi connectivity index (χ0n) is 28.9. The number of aliphatic hydroxyl groups excluding tert-OH is 3. The minimum Gasteiger partial charge on any atom is -0.756 e. The number of ether oxygens (including phenoxy) is 3. The number of hydrogen-bond acceptors (Lipinski definition) is 23. The van der Waals surface area contributed by atoms with Crippen LogP contribution >= 0.6 is 23.5 Å². The Bertz CT molecular complexity index is 2370. The molecule has 0 saturated carbocycles. The Balaban J connectivity index is 1.04. The largest absolute Gasteiger partial charge is 0.756 e. The van der Waals surface area contributed by atoms with Gasteiger partial charge < -0.3 is 60.2 Å². The molecule has 4 aromatic heterocycles. The number of H-pyrrole nitrogens is 2. The maximum atomic E-state index is 12.4. The van der Waals surface area contributed by atoms with Gasteiger partial charge >= 0.3 is 13.5 Å². The summed E-state index contributed by atoms with van der Waals surface area (Å²) in [6.45, 7) is 1.20. The molecule has 29 nitrogen and oxygen atoms in total. The van der Waals surface area contributed by atoms with Crippen molar-refractivity contribution in [3.8, 4) is 0 Å². The predicted octanol–water partition coefficient (Wildman–Crippen LogP) is -4.45. The van der Waals surface area contributed by atoms with Crippen LogP contribution in [0.3, 0.4) is 0 Å². The molecule has 32 heteroatoms. The first-order valence-electron chi connectivity index (χ1n) is 15.9. The maximum Gasteiger partial charge on any atom is 0.506 e. The van der Waals surface area contributed by atoms with E-state index in [9.17, 15) is 53.3 Å². The molecule has 10 N–H and O–H groups in total. The lowest BCUT2D eigenvalue weighted by molar-refractivity contribution is -0.745. The van der Waals surface area contributed by atoms with Crippen LogP contribution in [-0.4, -0.2) is 110 Å². The molecule has 0 spiro atoms. The highest BCUT2D eigenvalue weighted by Gasteiger charge is 2.49. The van der Waals surface area contributed by atoms with Crippen LogP contribution in [0.5, 0.6) is 0 Å². The summed E-state index contributed by atoms with van der Waals surface area (Å²) >= 11 is 0. The van der Waals surface area contributed by atoms with Crippen molar-refractivity contribution in [3.63, 3.8) is 0 Å². The Kier molecular flexibility index (Phi) is 11.7. The molecule has 0 aliphatic carbocycles. The summed E-state index contributed by atoms with van der Waals surface area (Å²) in [5, 5.41) is 32.2. The molecule has 4 aromatic rings. The van der Waals surface area contributed by atoms with Gasteiger partial charge in [-0.3, -0.25) is 37.8 Å². The number of fused-ring (bicyclic) bond motifs is 2. The summed E-state index contributed by atoms with van der Waals surface area (Å²) in [5.41, 5.74) is 9.59. The summed E-state index contributed by atoms with van der Waals surface area (Å²) in [7, 11) is -16.8. The van der Waals surface area contributed by atoms with Gasteiger partial charge in [0.25, 0.3) is 32.7 Å². The third-order valence-electron chi connectivity index (χ3n) is 8.04. The molecule has 2 saturated heterocycles. The van der Waals surface area contributed by atoms with E-state index in [0.29, 0.717) is 0 Å². The van der Waals surface area contributed by atoms with Crippen molar-refractivity contribution in [2.45, 2.75) is 69.0 Å². The molecule has 5 unspecified atom stereocenters. The quantitative estimate of drug-likeness (QED) is 0.0242. The van der Waals surface area contributed by atoms with Gasteiger partial charge in [-0.1, -0.05) is 4.98 Å². The highest BCUT2D eigenvalue weighted by Crippen LogP contribution is 2.64. The van der Waals surface area contributed by atoms with E-state index in [1.54, 1.807) is 13.8 Å². The molecule has 0 bridgehead atoms. The zero-order valence-corrected chi connectivity index (χ0v) is 31.5. The third-order valence-corrected chi connectivity index (χ3v) is 12.0. The first-order valence-corrected chi connectivity index (χ1v) is 20.3. The number of imidazole rings is 2. The van der Waals surface area contributed by atoms with E-state index in [-0.39, 0.29) is 34.2 Å². The second kappa shape index (κ2) is 15.6. The van der Waals surface area contributed by atoms with Gasteiger partial charge in [0, 0.05) is 0 Å². The number of nitrogens with zero attached hydrogens (tertiary/aromatic N) is 6. The van der Waals surface area contributed by atoms with E-state index >= 15 is 0 Å². The average molecular weight is 860 g/mol. The van der Waals surface area contributed by atoms with E-state index in [1.165, 1.54) is 22.5 Å². The standard InChI is InChI=1S/C24H35N10O19P3/c1-8(2)48-16-10(50-22(15(16)37)33-6-27-11-17(33)28-23(25)30-19(11)38)4-46-51-55(42,43)53-56(44,45)52-54(40,41)47-5-9-13(35)14(36)21(49-9)34-7-32(3)12-18(34)29-24(26)31-20(12)39/h6-10,13-16,21-22,35-37H,4-5H2,1-3H3,(H8-,25,26,28,29,30,31,38,39,40,41,42,43,44,45)/p-1/t9-,10-,13?,14+,15?,16+,21-,22-/m1/s1. The second-order valence-electron chi connectivity index (χ2n) is 12.5. The number of nitrogens with one attached hydrogen (secondary N) is 2. The Morgan fingerprint density at radius 3 is 2.34 bits per heavy atom. The lowest BCUT2D eigenvalue weighted by Crippen LogP contribution is -2.46. The first-order chi connectivity index (χ1) is 26.1. The summed E-state index contributed by atoms with van der Waals surface area (Å²) in [4.78, 5) is 80.3. The number of anilines is 2. The van der Waals surface area contributed by atoms with Crippen LogP contribution in [0.25, 0.3) is 22.3 Å². The molecule has 56 heavy (non-hydrogen) atoms. The normalized spacial score (nSPS) is 28.9. The van der Waals surface area contributed by atoms with Crippen LogP contribution in [0.1, 0.15) is 26.3 Å². The van der Waals surface area contributed by atoms with Gasteiger partial charge in [-0.15, -0.1) is 4.67 Å². The fraction of sp³-hybridized carbons (Fsp3) is 0.583. The third kappa shape index (κ3) is 8.79. The van der Waals surface area contributed by atoms with Crippen molar-refractivity contribution in [2.75, 3.05) is 24.7 Å². The van der Waals surface area contributed by atoms with Crippen molar-refractivity contribution in [2.24, 2.45) is 7.05 Å². The van der Waals surface area contributed by atoms with Crippen molar-refractivity contribution in [3.05, 3.63) is 33.4 Å². The molecule has 2 aliphatic rings. The molecule has 0 amide bonds. The summed E-state index contributed by atoms with van der Waals surface area (Å²) in [6, 6.07) is 0. The van der Waals surface area contributed by atoms with Gasteiger partial charge in [-0.05, 0) is 13.8 Å². The number of hydrogen-bond donors (Lipinski definition) is 8. The minimum atomic E-state index is -6.33. The number of nitrogens with two attached hydrogens (primary N) is 2. The van der Waals surface area contributed by atoms with Crippen molar-refractivity contribution < 1.29 is 85.2 Å². The highest BCUT2D eigenvalue weighted by atomic mass is 31.3. The van der Waals surface area contributed by atoms with E-state index in [0.717, 1.165) is 10.9 Å². The molecule has 2 fully saturated rings. The van der Waals surface area contributed by atoms with Gasteiger partial charge in [-0.25, -0.2) is 27.6 Å². The molecule has 0 radical (unpaired) electrons. The van der Waals surface area contributed by atoms with Gasteiger partial charge in [0.1, 0.15) is 43.2 Å². The second-order valence-corrected chi connectivity index (χ2v) is 16.9. The smallest absolute Gasteiger partial charge is 0.506 e. The maximum absolute atomic E-state index is 12.4. The molecule has 310 valence electrons. The van der Waals surface area contributed by atoms with Crippen LogP contribution < -0.4 is 36.9 Å². The molecular formula is C24H34N10O19P3-. The number of rotatable bonds is 15. The molecular weight excluding hydrogens is 825 g/mol. The number of aromatic nitrogens is 8. The fourth-order valence-corrected chi connectivity index (χ4v) is 9.08. The number of aromatic amines is 2. The number of nitrogen functional groups attached to an aromatic ring is 2. The monoisotopic (exact) mass is 859 g/mol. The SMILES string of the molecule is CC(C)O[C@@H]1C(O)[C@H](n2cnc3c(=O)[nH]c(N)nc32)O[C@@H]1COOP(=O)(O)OP(=O)([O-])OP(=O)([O-])OC[C@H]1O[C@@H]([n+]2cn(C)c3c(=O)[nH]c(N)nc32)[C@@H](O)C1O. The molecule has 6 heterocycles. The number of phosphoric acid groups is 3. The first kappa shape index (κ1) is 42.0. The minimum absolute atomic E-state index is 0.00435. The van der Waals surface area contributed by atoms with Crippen molar-refractivity contribution in [1.82, 2.24) is 34.1 Å². The lowest BCUT2D eigenvalue weighted by Gasteiger charge is -2.31. The highest BCUT2D eigenvalue weighted by molar-refractivity contribution is 7.65. The average Bonchev–Trinajstić information content (AvgIpc) is 3.78. The Morgan fingerprint density at radius 1 is 0.964 bits per heavy atom.